The number of carbonyl (C=O) groups excluding carboxylic acids is 1. The molecular weight excluding hydrogens is 278 g/mol. The van der Waals surface area contributed by atoms with Crippen molar-refractivity contribution in [3.8, 4) is 0 Å². The predicted molar refractivity (Wildman–Crippen MR) is 73.2 cm³/mol. The number of hydrogen-bond donors (Lipinski definition) is 0. The summed E-state index contributed by atoms with van der Waals surface area (Å²) in [6, 6.07) is 0. The predicted octanol–water partition coefficient (Wildman–Crippen LogP) is 1.83. The van der Waals surface area contributed by atoms with E-state index in [0.717, 1.165) is 32.1 Å². The van der Waals surface area contributed by atoms with Crippen LogP contribution in [0.25, 0.3) is 0 Å². The van der Waals surface area contributed by atoms with Crippen LogP contribution in [0.3, 0.4) is 0 Å². The second-order valence-corrected chi connectivity index (χ2v) is 5.66. The quantitative estimate of drug-likeness (QED) is 0.340. The van der Waals surface area contributed by atoms with Gasteiger partial charge in [-0.25, -0.2) is 4.79 Å². The van der Waals surface area contributed by atoms with Crippen LogP contribution in [0.4, 0.5) is 0 Å². The minimum atomic E-state index is -1.33. The largest absolute Gasteiger partial charge is 0.466 e. The van der Waals surface area contributed by atoms with Gasteiger partial charge in [0.05, 0.1) is 7.11 Å². The maximum absolute atomic E-state index is 11.4. The molecule has 2 aliphatic rings. The molecule has 0 aromatic rings. The lowest BCUT2D eigenvalue weighted by atomic mass is 9.90. The maximum atomic E-state index is 11.4. The Morgan fingerprint density at radius 3 is 2.43 bits per heavy atom. The fourth-order valence-electron chi connectivity index (χ4n) is 2.73. The molecule has 1 aliphatic heterocycles. The summed E-state index contributed by atoms with van der Waals surface area (Å²) in [7, 11) is 1.26. The van der Waals surface area contributed by atoms with Crippen LogP contribution in [0.1, 0.15) is 38.5 Å². The highest BCUT2D eigenvalue weighted by Gasteiger charge is 2.52. The number of nitro groups is 1. The van der Waals surface area contributed by atoms with E-state index in [9.17, 15) is 14.9 Å². The minimum absolute atomic E-state index is 0.00547. The summed E-state index contributed by atoms with van der Waals surface area (Å²) in [5.41, 5.74) is -1.33. The van der Waals surface area contributed by atoms with Crippen molar-refractivity contribution in [1.29, 1.82) is 0 Å². The minimum Gasteiger partial charge on any atom is -0.466 e. The third-order valence-corrected chi connectivity index (χ3v) is 4.16. The van der Waals surface area contributed by atoms with E-state index in [-0.39, 0.29) is 24.6 Å². The standard InChI is InChI=1S/C14H21NO6/c1-19-12(16)6-5-7-13(15(17)18)10-20-14(21-11-13)8-3-2-4-9-14/h5-6H,2-4,7-11H2,1H3/b6-5-. The molecule has 1 aliphatic carbocycles. The zero-order valence-electron chi connectivity index (χ0n) is 12.2. The van der Waals surface area contributed by atoms with Crippen molar-refractivity contribution in [2.45, 2.75) is 49.9 Å². The monoisotopic (exact) mass is 299 g/mol. The summed E-state index contributed by atoms with van der Waals surface area (Å²) < 4.78 is 16.0. The first kappa shape index (κ1) is 15.9. The van der Waals surface area contributed by atoms with Gasteiger partial charge in [-0.2, -0.15) is 0 Å². The fourth-order valence-corrected chi connectivity index (χ4v) is 2.73. The van der Waals surface area contributed by atoms with E-state index in [1.165, 1.54) is 19.3 Å². The molecule has 7 nitrogen and oxygen atoms in total. The van der Waals surface area contributed by atoms with Crippen LogP contribution in [0, 0.1) is 10.1 Å². The van der Waals surface area contributed by atoms with Crippen molar-refractivity contribution in [2.75, 3.05) is 20.3 Å². The van der Waals surface area contributed by atoms with Crippen molar-refractivity contribution < 1.29 is 23.9 Å². The summed E-state index contributed by atoms with van der Waals surface area (Å²) in [5.74, 6) is -1.17. The first-order valence-electron chi connectivity index (χ1n) is 7.19. The third kappa shape index (κ3) is 3.59. The molecule has 0 amide bonds. The molecule has 0 radical (unpaired) electrons. The SMILES string of the molecule is COC(=O)/C=C\CC1([N+](=O)[O-])COC2(CCCCC2)OC1. The number of rotatable bonds is 4. The third-order valence-electron chi connectivity index (χ3n) is 4.16. The first-order valence-corrected chi connectivity index (χ1v) is 7.19. The molecule has 7 heteroatoms. The Bertz CT molecular complexity index is 417. The number of esters is 1. The van der Waals surface area contributed by atoms with Gasteiger partial charge in [0.1, 0.15) is 13.2 Å². The zero-order chi connectivity index (χ0) is 15.3. The summed E-state index contributed by atoms with van der Waals surface area (Å²) in [6.07, 6.45) is 7.48. The van der Waals surface area contributed by atoms with Crippen LogP contribution >= 0.6 is 0 Å². The summed E-state index contributed by atoms with van der Waals surface area (Å²) in [4.78, 5) is 22.0. The van der Waals surface area contributed by atoms with Gasteiger partial charge < -0.3 is 14.2 Å². The molecule has 1 saturated carbocycles. The highest BCUT2D eigenvalue weighted by molar-refractivity contribution is 5.81. The van der Waals surface area contributed by atoms with Gasteiger partial charge in [-0.15, -0.1) is 0 Å². The smallest absolute Gasteiger partial charge is 0.330 e. The molecule has 2 fully saturated rings. The van der Waals surface area contributed by atoms with E-state index in [4.69, 9.17) is 9.47 Å². The van der Waals surface area contributed by atoms with Gasteiger partial charge in [-0.05, 0) is 12.8 Å². The summed E-state index contributed by atoms with van der Waals surface area (Å²) in [6.45, 7) is 0.0109. The second-order valence-electron chi connectivity index (χ2n) is 5.66. The Morgan fingerprint density at radius 2 is 1.90 bits per heavy atom. The number of hydrogen-bond acceptors (Lipinski definition) is 6. The van der Waals surface area contributed by atoms with Crippen LogP contribution < -0.4 is 0 Å². The van der Waals surface area contributed by atoms with Gasteiger partial charge in [-0.1, -0.05) is 12.5 Å². The van der Waals surface area contributed by atoms with E-state index in [1.807, 2.05) is 0 Å². The van der Waals surface area contributed by atoms with E-state index in [1.54, 1.807) is 0 Å². The summed E-state index contributed by atoms with van der Waals surface area (Å²) >= 11 is 0. The van der Waals surface area contributed by atoms with E-state index in [0.29, 0.717) is 0 Å². The average molecular weight is 299 g/mol. The fraction of sp³-hybridized carbons (Fsp3) is 0.786. The van der Waals surface area contributed by atoms with Crippen molar-refractivity contribution in [3.63, 3.8) is 0 Å². The lowest BCUT2D eigenvalue weighted by molar-refractivity contribution is -0.596. The van der Waals surface area contributed by atoms with Gasteiger partial charge in [0.25, 0.3) is 5.54 Å². The molecular formula is C14H21NO6. The highest BCUT2D eigenvalue weighted by atomic mass is 16.7. The van der Waals surface area contributed by atoms with Crippen LogP contribution in [-0.4, -0.2) is 42.5 Å². The molecule has 1 saturated heterocycles. The second kappa shape index (κ2) is 6.53. The number of methoxy groups -OCH3 is 1. The van der Waals surface area contributed by atoms with Gasteiger partial charge in [-0.3, -0.25) is 10.1 Å². The Hall–Kier alpha value is -1.47. The molecule has 2 rings (SSSR count). The van der Waals surface area contributed by atoms with Crippen LogP contribution in [0.5, 0.6) is 0 Å². The topological polar surface area (TPSA) is 87.9 Å². The van der Waals surface area contributed by atoms with Crippen molar-refractivity contribution in [1.82, 2.24) is 0 Å². The molecule has 0 atom stereocenters. The maximum Gasteiger partial charge on any atom is 0.330 e. The van der Waals surface area contributed by atoms with Gasteiger partial charge in [0, 0.05) is 30.3 Å². The van der Waals surface area contributed by atoms with E-state index in [2.05, 4.69) is 4.74 Å². The molecule has 1 spiro atoms. The van der Waals surface area contributed by atoms with E-state index >= 15 is 0 Å². The number of ether oxygens (including phenoxy) is 3. The first-order chi connectivity index (χ1) is 10.0. The van der Waals surface area contributed by atoms with Gasteiger partial charge in [0.2, 0.25) is 0 Å². The van der Waals surface area contributed by atoms with Crippen LogP contribution in [-0.2, 0) is 19.0 Å². The molecule has 0 unspecified atom stereocenters. The normalized spacial score (nSPS) is 24.0. The molecule has 0 aromatic carbocycles. The van der Waals surface area contributed by atoms with Crippen LogP contribution in [0.15, 0.2) is 12.2 Å². The Labute approximate surface area is 123 Å². The lowest BCUT2D eigenvalue weighted by Gasteiger charge is -2.43. The molecule has 1 heterocycles. The molecule has 21 heavy (non-hydrogen) atoms. The number of nitrogens with zero attached hydrogens (tertiary/aromatic N) is 1. The van der Waals surface area contributed by atoms with Crippen molar-refractivity contribution in [3.05, 3.63) is 22.3 Å². The van der Waals surface area contributed by atoms with E-state index < -0.39 is 17.3 Å². The average Bonchev–Trinajstić information content (AvgIpc) is 2.50. The molecule has 0 bridgehead atoms. The van der Waals surface area contributed by atoms with Crippen LogP contribution in [0.2, 0.25) is 0 Å². The Kier molecular flexibility index (Phi) is 4.95. The summed E-state index contributed by atoms with van der Waals surface area (Å²) in [5, 5.41) is 11.4. The molecule has 118 valence electrons. The zero-order valence-corrected chi connectivity index (χ0v) is 12.2. The van der Waals surface area contributed by atoms with Crippen molar-refractivity contribution >= 4 is 5.97 Å². The highest BCUT2D eigenvalue weighted by Crippen LogP contribution is 2.38. The van der Waals surface area contributed by atoms with Gasteiger partial charge in [0.15, 0.2) is 5.79 Å². The Morgan fingerprint density at radius 1 is 1.29 bits per heavy atom. The molecule has 0 N–H and O–H groups in total. The molecule has 0 aromatic heterocycles. The Balaban J connectivity index is 1.99. The van der Waals surface area contributed by atoms with Crippen molar-refractivity contribution in [2.24, 2.45) is 0 Å². The lowest BCUT2D eigenvalue weighted by Crippen LogP contribution is -2.57. The van der Waals surface area contributed by atoms with Gasteiger partial charge >= 0.3 is 5.97 Å². The number of carbonyl (C=O) groups is 1.